The second kappa shape index (κ2) is 8.10. The molecule has 2 aliphatic heterocycles. The van der Waals surface area contributed by atoms with E-state index < -0.39 is 0 Å². The Morgan fingerprint density at radius 1 is 0.647 bits per heavy atom. The highest BCUT2D eigenvalue weighted by Crippen LogP contribution is 2.15. The summed E-state index contributed by atoms with van der Waals surface area (Å²) in [6.07, 6.45) is 6.97. The molecule has 2 nitrogen and oxygen atoms in total. The summed E-state index contributed by atoms with van der Waals surface area (Å²) in [5.74, 6) is 1.77. The van der Waals surface area contributed by atoms with E-state index >= 15 is 0 Å². The molecular formula is C15H32N2. The summed E-state index contributed by atoms with van der Waals surface area (Å²) in [7, 11) is 0. The van der Waals surface area contributed by atoms with Gasteiger partial charge in [0.25, 0.3) is 0 Å². The number of nitrogens with one attached hydrogen (secondary N) is 2. The molecule has 0 aliphatic carbocycles. The molecule has 0 bridgehead atoms. The minimum absolute atomic E-state index is 0.743. The minimum atomic E-state index is 0.743. The Morgan fingerprint density at radius 3 is 1.71 bits per heavy atom. The van der Waals surface area contributed by atoms with Gasteiger partial charge >= 0.3 is 0 Å². The van der Waals surface area contributed by atoms with Gasteiger partial charge in [-0.15, -0.1) is 0 Å². The van der Waals surface area contributed by atoms with E-state index in [0.717, 1.165) is 23.9 Å². The number of rotatable bonds is 0. The molecule has 0 aromatic rings. The molecule has 0 spiro atoms. The van der Waals surface area contributed by atoms with Crippen molar-refractivity contribution in [2.75, 3.05) is 13.1 Å². The summed E-state index contributed by atoms with van der Waals surface area (Å²) in [6.45, 7) is 11.7. The van der Waals surface area contributed by atoms with Gasteiger partial charge in [0.1, 0.15) is 0 Å². The highest BCUT2D eigenvalue weighted by Gasteiger charge is 2.14. The second-order valence-corrected chi connectivity index (χ2v) is 6.08. The van der Waals surface area contributed by atoms with E-state index in [1.807, 2.05) is 0 Å². The van der Waals surface area contributed by atoms with Gasteiger partial charge in [0, 0.05) is 12.1 Å². The topological polar surface area (TPSA) is 24.1 Å². The normalized spacial score (nSPS) is 38.8. The van der Waals surface area contributed by atoms with Crippen LogP contribution in [-0.2, 0) is 0 Å². The average Bonchev–Trinajstić information content (AvgIpc) is 2.50. The molecule has 0 saturated carbocycles. The summed E-state index contributed by atoms with van der Waals surface area (Å²) in [4.78, 5) is 0. The Morgan fingerprint density at radius 2 is 1.12 bits per heavy atom. The lowest BCUT2D eigenvalue weighted by Gasteiger charge is -2.26. The molecule has 2 N–H and O–H groups in total. The van der Waals surface area contributed by atoms with Gasteiger partial charge < -0.3 is 10.6 Å². The van der Waals surface area contributed by atoms with E-state index in [4.69, 9.17) is 0 Å². The van der Waals surface area contributed by atoms with Crippen LogP contribution in [0.4, 0.5) is 0 Å². The summed E-state index contributed by atoms with van der Waals surface area (Å²) in [6, 6.07) is 1.50. The predicted molar refractivity (Wildman–Crippen MR) is 76.3 cm³/mol. The van der Waals surface area contributed by atoms with Crippen molar-refractivity contribution >= 4 is 0 Å². The Balaban J connectivity index is 0.000000171. The molecule has 2 heteroatoms. The van der Waals surface area contributed by atoms with Crippen molar-refractivity contribution in [3.8, 4) is 0 Å². The van der Waals surface area contributed by atoms with E-state index in [2.05, 4.69) is 38.3 Å². The molecule has 2 aliphatic rings. The fourth-order valence-corrected chi connectivity index (χ4v) is 2.58. The molecule has 2 saturated heterocycles. The maximum absolute atomic E-state index is 3.49. The van der Waals surface area contributed by atoms with Crippen LogP contribution in [0, 0.1) is 11.8 Å². The monoisotopic (exact) mass is 240 g/mol. The standard InChI is InChI=1S/C8H17N.C7H15N/c1-7-5-3-4-6-9-8(7)2;1-6-4-3-5-8-7(6)2/h7-9H,3-6H2,1-2H3;6-8H,3-5H2,1-2H3. The Hall–Kier alpha value is -0.0800. The van der Waals surface area contributed by atoms with E-state index in [1.54, 1.807) is 0 Å². The van der Waals surface area contributed by atoms with Crippen LogP contribution in [0.1, 0.15) is 59.8 Å². The van der Waals surface area contributed by atoms with Crippen molar-refractivity contribution in [3.63, 3.8) is 0 Å². The van der Waals surface area contributed by atoms with Gasteiger partial charge in [-0.25, -0.2) is 0 Å². The lowest BCUT2D eigenvalue weighted by atomic mass is 9.94. The van der Waals surface area contributed by atoms with Crippen LogP contribution in [0.5, 0.6) is 0 Å². The van der Waals surface area contributed by atoms with Crippen molar-refractivity contribution in [2.45, 2.75) is 71.9 Å². The fraction of sp³-hybridized carbons (Fsp3) is 1.00. The zero-order valence-electron chi connectivity index (χ0n) is 12.3. The van der Waals surface area contributed by atoms with Crippen molar-refractivity contribution in [3.05, 3.63) is 0 Å². The van der Waals surface area contributed by atoms with E-state index in [-0.39, 0.29) is 0 Å². The maximum Gasteiger partial charge on any atom is 0.00643 e. The Kier molecular flexibility index (Phi) is 7.14. The first kappa shape index (κ1) is 15.0. The van der Waals surface area contributed by atoms with E-state index in [9.17, 15) is 0 Å². The van der Waals surface area contributed by atoms with Crippen LogP contribution in [0.25, 0.3) is 0 Å². The van der Waals surface area contributed by atoms with Crippen molar-refractivity contribution in [1.82, 2.24) is 10.6 Å². The van der Waals surface area contributed by atoms with Crippen molar-refractivity contribution in [2.24, 2.45) is 11.8 Å². The van der Waals surface area contributed by atoms with Crippen LogP contribution in [-0.4, -0.2) is 25.2 Å². The third-order valence-electron chi connectivity index (χ3n) is 4.56. The molecule has 0 aromatic carbocycles. The third kappa shape index (κ3) is 5.87. The van der Waals surface area contributed by atoms with Gasteiger partial charge in [-0.1, -0.05) is 20.3 Å². The lowest BCUT2D eigenvalue weighted by Crippen LogP contribution is -2.37. The van der Waals surface area contributed by atoms with Crippen molar-refractivity contribution in [1.29, 1.82) is 0 Å². The molecule has 102 valence electrons. The largest absolute Gasteiger partial charge is 0.314 e. The maximum atomic E-state index is 3.49. The van der Waals surface area contributed by atoms with Crippen LogP contribution in [0.2, 0.25) is 0 Å². The molecule has 2 fully saturated rings. The summed E-state index contributed by atoms with van der Waals surface area (Å²) in [5, 5.41) is 6.93. The van der Waals surface area contributed by atoms with Crippen molar-refractivity contribution < 1.29 is 0 Å². The van der Waals surface area contributed by atoms with Gasteiger partial charge in [0.2, 0.25) is 0 Å². The quantitative estimate of drug-likeness (QED) is 0.679. The SMILES string of the molecule is CC1CCCCNC1C.CC1CCCNC1C. The van der Waals surface area contributed by atoms with Crippen LogP contribution >= 0.6 is 0 Å². The van der Waals surface area contributed by atoms with Crippen LogP contribution in [0.15, 0.2) is 0 Å². The number of piperidine rings is 1. The first-order chi connectivity index (χ1) is 8.11. The average molecular weight is 240 g/mol. The lowest BCUT2D eigenvalue weighted by molar-refractivity contribution is 0.319. The molecule has 0 aromatic heterocycles. The second-order valence-electron chi connectivity index (χ2n) is 6.08. The fourth-order valence-electron chi connectivity index (χ4n) is 2.58. The van der Waals surface area contributed by atoms with Crippen LogP contribution < -0.4 is 10.6 Å². The van der Waals surface area contributed by atoms with E-state index in [1.165, 1.54) is 45.2 Å². The number of hydrogen-bond donors (Lipinski definition) is 2. The van der Waals surface area contributed by atoms with Gasteiger partial charge in [-0.05, 0) is 64.5 Å². The first-order valence-electron chi connectivity index (χ1n) is 7.58. The first-order valence-corrected chi connectivity index (χ1v) is 7.58. The molecule has 0 amide bonds. The molecule has 4 atom stereocenters. The van der Waals surface area contributed by atoms with Gasteiger partial charge in [0.15, 0.2) is 0 Å². The molecule has 2 heterocycles. The zero-order chi connectivity index (χ0) is 12.7. The Labute approximate surface area is 108 Å². The molecular weight excluding hydrogens is 208 g/mol. The van der Waals surface area contributed by atoms with E-state index in [0.29, 0.717) is 0 Å². The predicted octanol–water partition coefficient (Wildman–Crippen LogP) is 3.18. The Bertz CT molecular complexity index is 173. The third-order valence-corrected chi connectivity index (χ3v) is 4.56. The van der Waals surface area contributed by atoms with Gasteiger partial charge in [0.05, 0.1) is 0 Å². The molecule has 2 rings (SSSR count). The summed E-state index contributed by atoms with van der Waals surface area (Å²) >= 11 is 0. The summed E-state index contributed by atoms with van der Waals surface area (Å²) in [5.41, 5.74) is 0. The molecule has 4 unspecified atom stereocenters. The summed E-state index contributed by atoms with van der Waals surface area (Å²) < 4.78 is 0. The highest BCUT2D eigenvalue weighted by atomic mass is 14.9. The minimum Gasteiger partial charge on any atom is -0.314 e. The molecule has 0 radical (unpaired) electrons. The van der Waals surface area contributed by atoms with Crippen LogP contribution in [0.3, 0.4) is 0 Å². The number of hydrogen-bond acceptors (Lipinski definition) is 2. The highest BCUT2D eigenvalue weighted by molar-refractivity contribution is 4.73. The molecule has 17 heavy (non-hydrogen) atoms. The van der Waals surface area contributed by atoms with Gasteiger partial charge in [-0.3, -0.25) is 0 Å². The van der Waals surface area contributed by atoms with Gasteiger partial charge in [-0.2, -0.15) is 0 Å². The zero-order valence-corrected chi connectivity index (χ0v) is 12.3. The smallest absolute Gasteiger partial charge is 0.00643 e.